The number of ether oxygens (including phenoxy) is 2. The van der Waals surface area contributed by atoms with Crippen LogP contribution in [0.1, 0.15) is 22.5 Å². The van der Waals surface area contributed by atoms with Crippen molar-refractivity contribution in [1.82, 2.24) is 9.97 Å². The molecule has 32 heavy (non-hydrogen) atoms. The van der Waals surface area contributed by atoms with Crippen molar-refractivity contribution in [2.45, 2.75) is 13.5 Å². The summed E-state index contributed by atoms with van der Waals surface area (Å²) in [6.45, 7) is 2.27. The van der Waals surface area contributed by atoms with E-state index < -0.39 is 0 Å². The predicted octanol–water partition coefficient (Wildman–Crippen LogP) is 6.42. The smallest absolute Gasteiger partial charge is 0.162 e. The molecule has 4 rings (SSSR count). The molecule has 7 heteroatoms. The SMILES string of the molecule is COc1cc(/C=C(/C#N)c2nc3ccc(C)cc3[nH]2)c(Br)cc1OCc1ccc(F)cc1. The average molecular weight is 492 g/mol. The molecular formula is C25H19BrFN3O2. The lowest BCUT2D eigenvalue weighted by Gasteiger charge is -2.13. The van der Waals surface area contributed by atoms with Gasteiger partial charge in [0.05, 0.1) is 23.7 Å². The summed E-state index contributed by atoms with van der Waals surface area (Å²) in [5.74, 6) is 1.24. The fraction of sp³-hybridized carbons (Fsp3) is 0.120. The molecule has 1 aromatic heterocycles. The second kappa shape index (κ2) is 9.25. The lowest BCUT2D eigenvalue weighted by Crippen LogP contribution is -1.98. The molecule has 5 nitrogen and oxygen atoms in total. The quantitative estimate of drug-likeness (QED) is 0.315. The zero-order valence-electron chi connectivity index (χ0n) is 17.4. The van der Waals surface area contributed by atoms with Crippen LogP contribution in [0.25, 0.3) is 22.7 Å². The van der Waals surface area contributed by atoms with Crippen LogP contribution >= 0.6 is 15.9 Å². The minimum Gasteiger partial charge on any atom is -0.493 e. The Morgan fingerprint density at radius 1 is 1.16 bits per heavy atom. The molecule has 3 aromatic carbocycles. The van der Waals surface area contributed by atoms with Gasteiger partial charge in [0.15, 0.2) is 11.5 Å². The van der Waals surface area contributed by atoms with Crippen LogP contribution in [0, 0.1) is 24.1 Å². The molecule has 0 aliphatic rings. The lowest BCUT2D eigenvalue weighted by molar-refractivity contribution is 0.284. The molecule has 0 radical (unpaired) electrons. The molecule has 0 saturated heterocycles. The Bertz CT molecular complexity index is 1350. The first-order valence-corrected chi connectivity index (χ1v) is 10.6. The summed E-state index contributed by atoms with van der Waals surface area (Å²) in [6.07, 6.45) is 1.74. The summed E-state index contributed by atoms with van der Waals surface area (Å²) >= 11 is 3.55. The highest BCUT2D eigenvalue weighted by Crippen LogP contribution is 2.36. The van der Waals surface area contributed by atoms with Crippen LogP contribution in [-0.2, 0) is 6.61 Å². The maximum atomic E-state index is 13.1. The molecule has 1 heterocycles. The Morgan fingerprint density at radius 2 is 1.94 bits per heavy atom. The Hall–Kier alpha value is -3.63. The van der Waals surface area contributed by atoms with E-state index in [-0.39, 0.29) is 12.4 Å². The fourth-order valence-electron chi connectivity index (χ4n) is 3.24. The Labute approximate surface area is 193 Å². The Morgan fingerprint density at radius 3 is 2.66 bits per heavy atom. The first kappa shape index (κ1) is 21.6. The fourth-order valence-corrected chi connectivity index (χ4v) is 3.67. The van der Waals surface area contributed by atoms with Crippen molar-refractivity contribution in [3.8, 4) is 17.6 Å². The van der Waals surface area contributed by atoms with Gasteiger partial charge in [-0.1, -0.05) is 34.1 Å². The van der Waals surface area contributed by atoms with Gasteiger partial charge in [-0.15, -0.1) is 0 Å². The van der Waals surface area contributed by atoms with Gasteiger partial charge in [-0.25, -0.2) is 9.37 Å². The third-order valence-electron chi connectivity index (χ3n) is 4.90. The molecular weight excluding hydrogens is 473 g/mol. The lowest BCUT2D eigenvalue weighted by atomic mass is 10.1. The number of hydrogen-bond acceptors (Lipinski definition) is 4. The maximum Gasteiger partial charge on any atom is 0.162 e. The summed E-state index contributed by atoms with van der Waals surface area (Å²) in [5.41, 5.74) is 4.75. The third-order valence-corrected chi connectivity index (χ3v) is 5.59. The summed E-state index contributed by atoms with van der Waals surface area (Å²) in [4.78, 5) is 7.75. The van der Waals surface area contributed by atoms with Gasteiger partial charge in [0.2, 0.25) is 0 Å². The number of aromatic amines is 1. The van der Waals surface area contributed by atoms with Crippen LogP contribution in [0.3, 0.4) is 0 Å². The van der Waals surface area contributed by atoms with Crippen LogP contribution < -0.4 is 9.47 Å². The molecule has 0 fully saturated rings. The molecule has 0 amide bonds. The van der Waals surface area contributed by atoms with Crippen molar-refractivity contribution in [2.75, 3.05) is 7.11 Å². The van der Waals surface area contributed by atoms with Crippen LogP contribution in [-0.4, -0.2) is 17.1 Å². The minimum atomic E-state index is -0.293. The number of H-pyrrole nitrogens is 1. The molecule has 0 atom stereocenters. The molecule has 1 N–H and O–H groups in total. The highest BCUT2D eigenvalue weighted by atomic mass is 79.9. The van der Waals surface area contributed by atoms with Gasteiger partial charge < -0.3 is 14.5 Å². The average Bonchev–Trinajstić information content (AvgIpc) is 3.21. The zero-order valence-corrected chi connectivity index (χ0v) is 19.0. The Balaban J connectivity index is 1.64. The summed E-state index contributed by atoms with van der Waals surface area (Å²) in [7, 11) is 1.55. The van der Waals surface area contributed by atoms with Crippen LogP contribution in [0.15, 0.2) is 59.1 Å². The number of allylic oxidation sites excluding steroid dienone is 1. The van der Waals surface area contributed by atoms with Crippen molar-refractivity contribution in [3.05, 3.63) is 87.4 Å². The molecule has 0 bridgehead atoms. The summed E-state index contributed by atoms with van der Waals surface area (Å²) in [6, 6.07) is 17.8. The van der Waals surface area contributed by atoms with Gasteiger partial charge in [0.25, 0.3) is 0 Å². The third kappa shape index (κ3) is 4.66. The number of halogens is 2. The highest BCUT2D eigenvalue weighted by molar-refractivity contribution is 9.10. The van der Waals surface area contributed by atoms with E-state index in [2.05, 4.69) is 32.0 Å². The van der Waals surface area contributed by atoms with Gasteiger partial charge in [-0.05, 0) is 66.1 Å². The standard InChI is InChI=1S/C25H19BrFN3O2/c1-15-3-8-21-22(9-15)30-25(29-21)18(13-28)10-17-11-23(31-2)24(12-20(17)26)32-14-16-4-6-19(27)7-5-16/h3-12H,14H2,1-2H3,(H,29,30)/b18-10-. The molecule has 0 unspecified atom stereocenters. The van der Waals surface area contributed by atoms with Crippen molar-refractivity contribution in [2.24, 2.45) is 0 Å². The molecule has 0 aliphatic heterocycles. The van der Waals surface area contributed by atoms with Crippen molar-refractivity contribution >= 4 is 38.6 Å². The molecule has 160 valence electrons. The van der Waals surface area contributed by atoms with E-state index >= 15 is 0 Å². The van der Waals surface area contributed by atoms with Crippen molar-refractivity contribution in [3.63, 3.8) is 0 Å². The number of hydrogen-bond donors (Lipinski definition) is 1. The van der Waals surface area contributed by atoms with E-state index in [0.717, 1.165) is 32.2 Å². The number of aryl methyl sites for hydroxylation is 1. The highest BCUT2D eigenvalue weighted by Gasteiger charge is 2.13. The van der Waals surface area contributed by atoms with Crippen LogP contribution in [0.2, 0.25) is 0 Å². The number of methoxy groups -OCH3 is 1. The number of benzene rings is 3. The molecule has 4 aromatic rings. The van der Waals surface area contributed by atoms with E-state index in [4.69, 9.17) is 9.47 Å². The van der Waals surface area contributed by atoms with Crippen molar-refractivity contribution in [1.29, 1.82) is 5.26 Å². The number of nitrogens with zero attached hydrogens (tertiary/aromatic N) is 2. The minimum absolute atomic E-state index is 0.264. The van der Waals surface area contributed by atoms with Gasteiger partial charge in [0.1, 0.15) is 24.3 Å². The monoisotopic (exact) mass is 491 g/mol. The number of aromatic nitrogens is 2. The van der Waals surface area contributed by atoms with E-state index in [1.165, 1.54) is 12.1 Å². The summed E-state index contributed by atoms with van der Waals surface area (Å²) < 4.78 is 25.2. The van der Waals surface area contributed by atoms with E-state index in [1.54, 1.807) is 37.5 Å². The van der Waals surface area contributed by atoms with Gasteiger partial charge in [-0.3, -0.25) is 0 Å². The van der Waals surface area contributed by atoms with Gasteiger partial charge >= 0.3 is 0 Å². The number of nitrogens with one attached hydrogen (secondary N) is 1. The number of fused-ring (bicyclic) bond motifs is 1. The van der Waals surface area contributed by atoms with E-state index in [0.29, 0.717) is 22.9 Å². The second-order valence-corrected chi connectivity index (χ2v) is 8.07. The topological polar surface area (TPSA) is 70.9 Å². The molecule has 0 aliphatic carbocycles. The predicted molar refractivity (Wildman–Crippen MR) is 126 cm³/mol. The van der Waals surface area contributed by atoms with E-state index in [1.807, 2.05) is 25.1 Å². The first-order valence-electron chi connectivity index (χ1n) is 9.80. The zero-order chi connectivity index (χ0) is 22.7. The number of rotatable bonds is 6. The van der Waals surface area contributed by atoms with Gasteiger partial charge in [-0.2, -0.15) is 5.26 Å². The number of imidazole rings is 1. The van der Waals surface area contributed by atoms with Crippen LogP contribution in [0.5, 0.6) is 11.5 Å². The van der Waals surface area contributed by atoms with E-state index in [9.17, 15) is 9.65 Å². The second-order valence-electron chi connectivity index (χ2n) is 7.22. The normalized spacial score (nSPS) is 11.4. The van der Waals surface area contributed by atoms with Gasteiger partial charge in [0, 0.05) is 4.47 Å². The largest absolute Gasteiger partial charge is 0.493 e. The van der Waals surface area contributed by atoms with Crippen LogP contribution in [0.4, 0.5) is 4.39 Å². The maximum absolute atomic E-state index is 13.1. The number of nitriles is 1. The van der Waals surface area contributed by atoms with Crippen molar-refractivity contribution < 1.29 is 13.9 Å². The summed E-state index contributed by atoms with van der Waals surface area (Å²) in [5, 5.41) is 9.75. The molecule has 0 spiro atoms. The Kier molecular flexibility index (Phi) is 6.24. The molecule has 0 saturated carbocycles. The first-order chi connectivity index (χ1) is 15.5.